The number of rotatable bonds is 5. The molecule has 160 valence electrons. The van der Waals surface area contributed by atoms with Crippen LogP contribution in [0.1, 0.15) is 11.3 Å². The van der Waals surface area contributed by atoms with Gasteiger partial charge in [-0.2, -0.15) is 0 Å². The molecule has 4 rings (SSSR count). The van der Waals surface area contributed by atoms with Gasteiger partial charge in [0, 0.05) is 49.7 Å². The molecule has 3 aromatic rings. The maximum atomic E-state index is 13.1. The molecular formula is C22H23N5O4. The average Bonchev–Trinajstić information content (AvgIpc) is 3.01. The Morgan fingerprint density at radius 2 is 1.84 bits per heavy atom. The first-order valence-electron chi connectivity index (χ1n) is 9.96. The van der Waals surface area contributed by atoms with Gasteiger partial charge in [0.25, 0.3) is 11.2 Å². The van der Waals surface area contributed by atoms with Crippen molar-refractivity contribution in [2.45, 2.75) is 6.92 Å². The zero-order chi connectivity index (χ0) is 22.0. The number of hydrogen-bond acceptors (Lipinski definition) is 6. The van der Waals surface area contributed by atoms with Gasteiger partial charge in [0.1, 0.15) is 0 Å². The minimum absolute atomic E-state index is 0.0232. The summed E-state index contributed by atoms with van der Waals surface area (Å²) < 4.78 is 8.72. The van der Waals surface area contributed by atoms with Gasteiger partial charge in [-0.3, -0.25) is 19.6 Å². The summed E-state index contributed by atoms with van der Waals surface area (Å²) in [6.07, 6.45) is 1.54. The van der Waals surface area contributed by atoms with Gasteiger partial charge >= 0.3 is 0 Å². The standard InChI is InChI=1S/C22H23N5O4/c1-16-21(22(28)26(24(16)2)18-6-4-3-5-7-18)23-15-17-14-19(27(29)30)8-9-20(17)25-10-12-31-13-11-25/h3-9,14-15H,10-13H2,1-2H3. The van der Waals surface area contributed by atoms with E-state index in [-0.39, 0.29) is 11.2 Å². The van der Waals surface area contributed by atoms with Crippen LogP contribution in [0.3, 0.4) is 0 Å². The molecule has 0 aliphatic carbocycles. The van der Waals surface area contributed by atoms with Crippen LogP contribution in [0.5, 0.6) is 0 Å². The molecule has 0 unspecified atom stereocenters. The van der Waals surface area contributed by atoms with E-state index in [1.54, 1.807) is 22.5 Å². The summed E-state index contributed by atoms with van der Waals surface area (Å²) in [5.41, 5.74) is 2.88. The van der Waals surface area contributed by atoms with Crippen LogP contribution in [-0.4, -0.2) is 46.8 Å². The summed E-state index contributed by atoms with van der Waals surface area (Å²) in [6.45, 7) is 4.37. The molecule has 0 spiro atoms. The molecule has 31 heavy (non-hydrogen) atoms. The number of anilines is 1. The number of aromatic nitrogens is 2. The highest BCUT2D eigenvalue weighted by molar-refractivity contribution is 5.90. The molecule has 0 atom stereocenters. The van der Waals surface area contributed by atoms with Crippen molar-refractivity contribution < 1.29 is 9.66 Å². The van der Waals surface area contributed by atoms with Crippen molar-refractivity contribution >= 4 is 23.3 Å². The zero-order valence-corrected chi connectivity index (χ0v) is 17.4. The third-order valence-electron chi connectivity index (χ3n) is 5.43. The van der Waals surface area contributed by atoms with E-state index >= 15 is 0 Å². The first kappa shape index (κ1) is 20.5. The summed E-state index contributed by atoms with van der Waals surface area (Å²) in [6, 6.07) is 14.0. The molecule has 1 saturated heterocycles. The molecule has 1 aliphatic heterocycles. The van der Waals surface area contributed by atoms with E-state index in [1.807, 2.05) is 37.3 Å². The highest BCUT2D eigenvalue weighted by atomic mass is 16.6. The summed E-state index contributed by atoms with van der Waals surface area (Å²) in [5, 5.41) is 11.3. The van der Waals surface area contributed by atoms with Crippen molar-refractivity contribution in [1.82, 2.24) is 9.36 Å². The molecule has 2 aromatic carbocycles. The third kappa shape index (κ3) is 3.99. The number of morpholine rings is 1. The van der Waals surface area contributed by atoms with Crippen molar-refractivity contribution in [2.75, 3.05) is 31.2 Å². The van der Waals surface area contributed by atoms with E-state index in [0.29, 0.717) is 43.2 Å². The molecule has 1 fully saturated rings. The smallest absolute Gasteiger partial charge is 0.297 e. The van der Waals surface area contributed by atoms with Crippen molar-refractivity contribution in [3.05, 3.63) is 80.3 Å². The van der Waals surface area contributed by atoms with Gasteiger partial charge < -0.3 is 9.64 Å². The minimum Gasteiger partial charge on any atom is -0.378 e. The molecule has 9 nitrogen and oxygen atoms in total. The summed E-state index contributed by atoms with van der Waals surface area (Å²) >= 11 is 0. The highest BCUT2D eigenvalue weighted by Crippen LogP contribution is 2.26. The first-order chi connectivity index (χ1) is 15.0. The van der Waals surface area contributed by atoms with Crippen molar-refractivity contribution in [3.8, 4) is 5.69 Å². The highest BCUT2D eigenvalue weighted by Gasteiger charge is 2.19. The van der Waals surface area contributed by atoms with Gasteiger partial charge in [-0.05, 0) is 25.1 Å². The molecule has 2 heterocycles. The van der Waals surface area contributed by atoms with E-state index in [4.69, 9.17) is 4.74 Å². The molecule has 9 heteroatoms. The Balaban J connectivity index is 1.77. The number of nitro groups is 1. The normalized spacial score (nSPS) is 14.3. The quantitative estimate of drug-likeness (QED) is 0.359. The molecule has 0 radical (unpaired) electrons. The molecular weight excluding hydrogens is 398 g/mol. The third-order valence-corrected chi connectivity index (χ3v) is 5.43. The fraction of sp³-hybridized carbons (Fsp3) is 0.273. The Bertz CT molecular complexity index is 1190. The largest absolute Gasteiger partial charge is 0.378 e. The van der Waals surface area contributed by atoms with Crippen LogP contribution < -0.4 is 10.5 Å². The van der Waals surface area contributed by atoms with Crippen LogP contribution >= 0.6 is 0 Å². The molecule has 1 aromatic heterocycles. The van der Waals surface area contributed by atoms with Gasteiger partial charge in [-0.25, -0.2) is 9.67 Å². The molecule has 0 saturated carbocycles. The maximum absolute atomic E-state index is 13.1. The lowest BCUT2D eigenvalue weighted by atomic mass is 10.1. The number of para-hydroxylation sites is 1. The van der Waals surface area contributed by atoms with E-state index < -0.39 is 4.92 Å². The maximum Gasteiger partial charge on any atom is 0.297 e. The molecule has 1 aliphatic rings. The lowest BCUT2D eigenvalue weighted by molar-refractivity contribution is -0.384. The second-order valence-corrected chi connectivity index (χ2v) is 7.27. The van der Waals surface area contributed by atoms with Crippen LogP contribution in [0.25, 0.3) is 5.69 Å². The van der Waals surface area contributed by atoms with Crippen LogP contribution in [-0.2, 0) is 11.8 Å². The fourth-order valence-corrected chi connectivity index (χ4v) is 3.69. The second-order valence-electron chi connectivity index (χ2n) is 7.27. The van der Waals surface area contributed by atoms with Crippen molar-refractivity contribution in [1.29, 1.82) is 0 Å². The lowest BCUT2D eigenvalue weighted by Crippen LogP contribution is -2.36. The zero-order valence-electron chi connectivity index (χ0n) is 17.4. The van der Waals surface area contributed by atoms with Crippen LogP contribution in [0.2, 0.25) is 0 Å². The van der Waals surface area contributed by atoms with Gasteiger partial charge in [0.05, 0.1) is 29.5 Å². The van der Waals surface area contributed by atoms with Crippen LogP contribution in [0.15, 0.2) is 58.3 Å². The van der Waals surface area contributed by atoms with E-state index in [1.165, 1.54) is 18.3 Å². The number of ether oxygens (including phenoxy) is 1. The SMILES string of the molecule is Cc1c(N=Cc2cc([N+](=O)[O-])ccc2N2CCOCC2)c(=O)n(-c2ccccc2)n1C. The summed E-state index contributed by atoms with van der Waals surface area (Å²) in [7, 11) is 1.80. The van der Waals surface area contributed by atoms with Crippen molar-refractivity contribution in [2.24, 2.45) is 12.0 Å². The number of nitro benzene ring substituents is 1. The minimum atomic E-state index is -0.434. The predicted molar refractivity (Wildman–Crippen MR) is 119 cm³/mol. The van der Waals surface area contributed by atoms with Crippen molar-refractivity contribution in [3.63, 3.8) is 0 Å². The molecule has 0 N–H and O–H groups in total. The Kier molecular flexibility index (Phi) is 5.68. The first-order valence-corrected chi connectivity index (χ1v) is 9.96. The number of non-ortho nitro benzene ring substituents is 1. The fourth-order valence-electron chi connectivity index (χ4n) is 3.69. The number of benzene rings is 2. The van der Waals surface area contributed by atoms with Crippen LogP contribution in [0.4, 0.5) is 17.1 Å². The summed E-state index contributed by atoms with van der Waals surface area (Å²) in [5.74, 6) is 0. The monoisotopic (exact) mass is 421 g/mol. The van der Waals surface area contributed by atoms with Gasteiger partial charge in [-0.1, -0.05) is 18.2 Å². The number of nitrogens with zero attached hydrogens (tertiary/aromatic N) is 5. The topological polar surface area (TPSA) is 94.9 Å². The van der Waals surface area contributed by atoms with Crippen LogP contribution in [0, 0.1) is 17.0 Å². The molecule has 0 bridgehead atoms. The summed E-state index contributed by atoms with van der Waals surface area (Å²) in [4.78, 5) is 30.5. The Labute approximate surface area is 178 Å². The lowest BCUT2D eigenvalue weighted by Gasteiger charge is -2.29. The van der Waals surface area contributed by atoms with Gasteiger partial charge in [-0.15, -0.1) is 0 Å². The molecule has 0 amide bonds. The van der Waals surface area contributed by atoms with E-state index in [0.717, 1.165) is 11.4 Å². The number of hydrogen-bond donors (Lipinski definition) is 0. The Morgan fingerprint density at radius 3 is 2.52 bits per heavy atom. The Morgan fingerprint density at radius 1 is 1.13 bits per heavy atom. The second kappa shape index (κ2) is 8.57. The van der Waals surface area contributed by atoms with E-state index in [2.05, 4.69) is 9.89 Å². The Hall–Kier alpha value is -3.72. The van der Waals surface area contributed by atoms with E-state index in [9.17, 15) is 14.9 Å². The van der Waals surface area contributed by atoms with Gasteiger partial charge in [0.15, 0.2) is 5.69 Å². The number of aliphatic imine (C=N–C) groups is 1. The van der Waals surface area contributed by atoms with Gasteiger partial charge in [0.2, 0.25) is 0 Å². The average molecular weight is 421 g/mol. The predicted octanol–water partition coefficient (Wildman–Crippen LogP) is 2.98.